The van der Waals surface area contributed by atoms with Crippen molar-refractivity contribution in [1.82, 2.24) is 10.2 Å². The van der Waals surface area contributed by atoms with E-state index < -0.39 is 5.97 Å². The first-order chi connectivity index (χ1) is 6.52. The van der Waals surface area contributed by atoms with Crippen molar-refractivity contribution >= 4 is 11.9 Å². The number of nitrogens with zero attached hydrogens (tertiary/aromatic N) is 1. The van der Waals surface area contributed by atoms with E-state index >= 15 is 0 Å². The minimum absolute atomic E-state index is 0.0228. The van der Waals surface area contributed by atoms with Gasteiger partial charge in [0.05, 0.1) is 6.54 Å². The monoisotopic (exact) mass is 202 g/mol. The Morgan fingerprint density at radius 2 is 1.93 bits per heavy atom. The standard InChI is InChI=1S/C9H18N2O3/c1-11(2)7-8(12)10-6-4-3-5-9(13)14/h3-7H2,1-2H3,(H,10,12)(H,13,14). The van der Waals surface area contributed by atoms with Gasteiger partial charge in [-0.05, 0) is 26.9 Å². The van der Waals surface area contributed by atoms with Crippen molar-refractivity contribution in [2.75, 3.05) is 27.2 Å². The van der Waals surface area contributed by atoms with Gasteiger partial charge >= 0.3 is 5.97 Å². The fourth-order valence-corrected chi connectivity index (χ4v) is 0.972. The molecule has 0 aromatic heterocycles. The topological polar surface area (TPSA) is 69.6 Å². The molecule has 0 atom stereocenters. The van der Waals surface area contributed by atoms with Crippen LogP contribution in [0.15, 0.2) is 0 Å². The van der Waals surface area contributed by atoms with Gasteiger partial charge in [0.1, 0.15) is 0 Å². The molecule has 0 aliphatic rings. The molecule has 0 radical (unpaired) electrons. The Balaban J connectivity index is 3.27. The highest BCUT2D eigenvalue weighted by molar-refractivity contribution is 5.77. The number of amides is 1. The smallest absolute Gasteiger partial charge is 0.303 e. The number of carbonyl (C=O) groups excluding carboxylic acids is 1. The second kappa shape index (κ2) is 7.32. The zero-order valence-electron chi connectivity index (χ0n) is 8.75. The number of carbonyl (C=O) groups is 2. The van der Waals surface area contributed by atoms with E-state index in [0.29, 0.717) is 25.9 Å². The Labute approximate surface area is 84.1 Å². The lowest BCUT2D eigenvalue weighted by Crippen LogP contribution is -2.33. The van der Waals surface area contributed by atoms with Crippen LogP contribution < -0.4 is 5.32 Å². The van der Waals surface area contributed by atoms with Gasteiger partial charge in [-0.1, -0.05) is 0 Å². The molecule has 0 saturated heterocycles. The molecule has 5 heteroatoms. The second-order valence-electron chi connectivity index (χ2n) is 3.44. The molecule has 0 heterocycles. The molecule has 0 aromatic carbocycles. The number of unbranched alkanes of at least 4 members (excludes halogenated alkanes) is 1. The maximum absolute atomic E-state index is 11.1. The summed E-state index contributed by atoms with van der Waals surface area (Å²) in [6.45, 7) is 0.929. The normalized spacial score (nSPS) is 10.2. The molecule has 0 aliphatic carbocycles. The summed E-state index contributed by atoms with van der Waals surface area (Å²) in [6, 6.07) is 0. The zero-order valence-corrected chi connectivity index (χ0v) is 8.75. The van der Waals surface area contributed by atoms with Gasteiger partial charge in [0.2, 0.25) is 5.91 Å². The number of nitrogens with one attached hydrogen (secondary N) is 1. The van der Waals surface area contributed by atoms with E-state index in [2.05, 4.69) is 5.32 Å². The molecule has 0 spiro atoms. The Morgan fingerprint density at radius 3 is 2.43 bits per heavy atom. The van der Waals surface area contributed by atoms with Crippen LogP contribution in [0.5, 0.6) is 0 Å². The molecule has 14 heavy (non-hydrogen) atoms. The lowest BCUT2D eigenvalue weighted by atomic mass is 10.2. The van der Waals surface area contributed by atoms with Crippen LogP contribution >= 0.6 is 0 Å². The van der Waals surface area contributed by atoms with Gasteiger partial charge in [0.15, 0.2) is 0 Å². The summed E-state index contributed by atoms with van der Waals surface area (Å²) in [5.74, 6) is -0.810. The molecule has 0 saturated carbocycles. The summed E-state index contributed by atoms with van der Waals surface area (Å²) < 4.78 is 0. The minimum Gasteiger partial charge on any atom is -0.481 e. The Kier molecular flexibility index (Phi) is 6.74. The van der Waals surface area contributed by atoms with E-state index in [9.17, 15) is 9.59 Å². The summed E-state index contributed by atoms with van der Waals surface area (Å²) in [4.78, 5) is 23.0. The molecule has 2 N–H and O–H groups in total. The number of rotatable bonds is 7. The maximum Gasteiger partial charge on any atom is 0.303 e. The van der Waals surface area contributed by atoms with Crippen molar-refractivity contribution < 1.29 is 14.7 Å². The van der Waals surface area contributed by atoms with Crippen LogP contribution in [-0.2, 0) is 9.59 Å². The summed E-state index contributed by atoms with van der Waals surface area (Å²) in [6.07, 6.45) is 1.49. The summed E-state index contributed by atoms with van der Waals surface area (Å²) in [7, 11) is 3.65. The van der Waals surface area contributed by atoms with Crippen molar-refractivity contribution in [2.24, 2.45) is 0 Å². The largest absolute Gasteiger partial charge is 0.481 e. The van der Waals surface area contributed by atoms with Gasteiger partial charge in [0.25, 0.3) is 0 Å². The highest BCUT2D eigenvalue weighted by Gasteiger charge is 2.01. The molecule has 1 amide bonds. The van der Waals surface area contributed by atoms with Crippen LogP contribution in [0.1, 0.15) is 19.3 Å². The average Bonchev–Trinajstić information content (AvgIpc) is 2.01. The predicted octanol–water partition coefficient (Wildman–Crippen LogP) is -0.0809. The Morgan fingerprint density at radius 1 is 1.29 bits per heavy atom. The van der Waals surface area contributed by atoms with Crippen LogP contribution in [0.25, 0.3) is 0 Å². The van der Waals surface area contributed by atoms with Crippen molar-refractivity contribution in [2.45, 2.75) is 19.3 Å². The second-order valence-corrected chi connectivity index (χ2v) is 3.44. The third kappa shape index (κ3) is 8.99. The van der Waals surface area contributed by atoms with Crippen LogP contribution in [-0.4, -0.2) is 49.1 Å². The van der Waals surface area contributed by atoms with Gasteiger partial charge in [-0.3, -0.25) is 9.59 Å². The fraction of sp³-hybridized carbons (Fsp3) is 0.778. The maximum atomic E-state index is 11.1. The number of hydrogen-bond donors (Lipinski definition) is 2. The zero-order chi connectivity index (χ0) is 11.0. The van der Waals surface area contributed by atoms with Gasteiger partial charge in [-0.2, -0.15) is 0 Å². The molecule has 82 valence electrons. The first-order valence-corrected chi connectivity index (χ1v) is 4.65. The van der Waals surface area contributed by atoms with Crippen molar-refractivity contribution in [1.29, 1.82) is 0 Å². The van der Waals surface area contributed by atoms with E-state index in [4.69, 9.17) is 5.11 Å². The first-order valence-electron chi connectivity index (χ1n) is 4.65. The highest BCUT2D eigenvalue weighted by atomic mass is 16.4. The van der Waals surface area contributed by atoms with Crippen LogP contribution in [0.4, 0.5) is 0 Å². The minimum atomic E-state index is -0.787. The summed E-state index contributed by atoms with van der Waals surface area (Å²) in [5, 5.41) is 11.1. The predicted molar refractivity (Wildman–Crippen MR) is 53.1 cm³/mol. The van der Waals surface area contributed by atoms with Crippen LogP contribution in [0.3, 0.4) is 0 Å². The van der Waals surface area contributed by atoms with E-state index in [-0.39, 0.29) is 12.3 Å². The number of carboxylic acids is 1. The molecule has 0 bridgehead atoms. The Hall–Kier alpha value is -1.10. The average molecular weight is 202 g/mol. The Bertz CT molecular complexity index is 192. The highest BCUT2D eigenvalue weighted by Crippen LogP contribution is 1.93. The summed E-state index contributed by atoms with van der Waals surface area (Å²) >= 11 is 0. The summed E-state index contributed by atoms with van der Waals surface area (Å²) in [5.41, 5.74) is 0. The van der Waals surface area contributed by atoms with Crippen LogP contribution in [0, 0.1) is 0 Å². The van der Waals surface area contributed by atoms with Crippen LogP contribution in [0.2, 0.25) is 0 Å². The lowest BCUT2D eigenvalue weighted by molar-refractivity contribution is -0.137. The number of carboxylic acid groups (broad SMARTS) is 1. The van der Waals surface area contributed by atoms with E-state index in [1.165, 1.54) is 0 Å². The van der Waals surface area contributed by atoms with Crippen molar-refractivity contribution in [3.05, 3.63) is 0 Å². The van der Waals surface area contributed by atoms with Gasteiger partial charge in [0, 0.05) is 13.0 Å². The SMILES string of the molecule is CN(C)CC(=O)NCCCCC(=O)O. The molecular weight excluding hydrogens is 184 g/mol. The van der Waals surface area contributed by atoms with Gasteiger partial charge < -0.3 is 15.3 Å². The van der Waals surface area contributed by atoms with Gasteiger partial charge in [-0.15, -0.1) is 0 Å². The third-order valence-electron chi connectivity index (χ3n) is 1.60. The van der Waals surface area contributed by atoms with E-state index in [1.54, 1.807) is 4.90 Å². The third-order valence-corrected chi connectivity index (χ3v) is 1.60. The number of aliphatic carboxylic acids is 1. The lowest BCUT2D eigenvalue weighted by Gasteiger charge is -2.09. The van der Waals surface area contributed by atoms with Crippen molar-refractivity contribution in [3.8, 4) is 0 Å². The number of hydrogen-bond acceptors (Lipinski definition) is 3. The van der Waals surface area contributed by atoms with E-state index in [0.717, 1.165) is 0 Å². The molecular formula is C9H18N2O3. The quantitative estimate of drug-likeness (QED) is 0.566. The molecule has 0 fully saturated rings. The van der Waals surface area contributed by atoms with E-state index in [1.807, 2.05) is 14.1 Å². The molecule has 0 aromatic rings. The molecule has 0 rings (SSSR count). The molecule has 5 nitrogen and oxygen atoms in total. The van der Waals surface area contributed by atoms with Gasteiger partial charge in [-0.25, -0.2) is 0 Å². The van der Waals surface area contributed by atoms with Crippen molar-refractivity contribution in [3.63, 3.8) is 0 Å². The molecule has 0 aliphatic heterocycles. The number of likely N-dealkylation sites (N-methyl/N-ethyl adjacent to an activating group) is 1. The molecule has 0 unspecified atom stereocenters. The first kappa shape index (κ1) is 12.9. The fourth-order valence-electron chi connectivity index (χ4n) is 0.972.